The summed E-state index contributed by atoms with van der Waals surface area (Å²) in [6.45, 7) is 1.61. The van der Waals surface area contributed by atoms with E-state index >= 15 is 0 Å². The number of fused-ring (bicyclic) bond motifs is 1. The van der Waals surface area contributed by atoms with E-state index in [-0.39, 0.29) is 30.5 Å². The van der Waals surface area contributed by atoms with Crippen LogP contribution in [0.25, 0.3) is 10.6 Å². The van der Waals surface area contributed by atoms with E-state index in [1.54, 1.807) is 17.0 Å². The Labute approximate surface area is 219 Å². The summed E-state index contributed by atoms with van der Waals surface area (Å²) < 4.78 is 44.9. The van der Waals surface area contributed by atoms with Gasteiger partial charge in [-0.1, -0.05) is 0 Å². The fourth-order valence-corrected chi connectivity index (χ4v) is 5.19. The molecule has 3 heterocycles. The molecule has 1 aromatic carbocycles. The second kappa shape index (κ2) is 12.3. The Morgan fingerprint density at radius 3 is 2.50 bits per heavy atom. The molecule has 2 amide bonds. The minimum atomic E-state index is -5.08. The predicted molar refractivity (Wildman–Crippen MR) is 128 cm³/mol. The van der Waals surface area contributed by atoms with Crippen LogP contribution in [0.4, 0.5) is 17.6 Å². The Bertz CT molecular complexity index is 1210. The van der Waals surface area contributed by atoms with Crippen molar-refractivity contribution in [2.24, 2.45) is 5.73 Å². The van der Waals surface area contributed by atoms with Gasteiger partial charge in [-0.3, -0.25) is 9.59 Å². The number of amides is 2. The molecule has 2 aliphatic heterocycles. The molecule has 4 rings (SSSR count). The number of nitrogens with zero attached hydrogens (tertiary/aromatic N) is 4. The van der Waals surface area contributed by atoms with Crippen LogP contribution in [0.3, 0.4) is 0 Å². The van der Waals surface area contributed by atoms with Gasteiger partial charge in [-0.2, -0.15) is 18.4 Å². The van der Waals surface area contributed by atoms with Gasteiger partial charge in [-0.15, -0.1) is 11.3 Å². The number of halogens is 4. The number of nitriles is 1. The Balaban J connectivity index is 0.000000505. The number of carboxylic acid groups (broad SMARTS) is 1. The number of benzene rings is 1. The number of carboxylic acids is 1. The molecule has 2 aromatic rings. The molecule has 2 atom stereocenters. The first-order valence-electron chi connectivity index (χ1n) is 11.7. The molecule has 0 unspecified atom stereocenters. The van der Waals surface area contributed by atoms with Crippen LogP contribution >= 0.6 is 11.3 Å². The van der Waals surface area contributed by atoms with Gasteiger partial charge < -0.3 is 20.6 Å². The van der Waals surface area contributed by atoms with Crippen LogP contribution in [0.2, 0.25) is 0 Å². The highest BCUT2D eigenvalue weighted by Gasteiger charge is 2.38. The van der Waals surface area contributed by atoms with E-state index in [4.69, 9.17) is 20.9 Å². The largest absolute Gasteiger partial charge is 0.490 e. The number of alkyl halides is 3. The highest BCUT2D eigenvalue weighted by Crippen LogP contribution is 2.32. The summed E-state index contributed by atoms with van der Waals surface area (Å²) in [6.07, 6.45) is -2.48. The molecule has 2 aliphatic rings. The SMILES string of the molecule is N#C[C@@H]1CCCN1C(=O)[C@@H](N)CCC(=O)N1CCc2nc(-c3ccc(F)cc3)sc2C1.O=C(O)C(F)(F)F. The maximum Gasteiger partial charge on any atom is 0.490 e. The number of thiazole rings is 1. The molecule has 0 radical (unpaired) electrons. The lowest BCUT2D eigenvalue weighted by Crippen LogP contribution is -2.46. The first kappa shape index (κ1) is 29.0. The van der Waals surface area contributed by atoms with Crippen LogP contribution in [-0.4, -0.2) is 69.0 Å². The van der Waals surface area contributed by atoms with Gasteiger partial charge in [-0.05, 0) is 43.5 Å². The number of hydrogen-bond donors (Lipinski definition) is 2. The van der Waals surface area contributed by atoms with E-state index in [1.807, 2.05) is 0 Å². The third-order valence-electron chi connectivity index (χ3n) is 6.09. The van der Waals surface area contributed by atoms with Crippen molar-refractivity contribution in [1.82, 2.24) is 14.8 Å². The second-order valence-corrected chi connectivity index (χ2v) is 9.81. The monoisotopic (exact) mass is 555 g/mol. The molecule has 204 valence electrons. The van der Waals surface area contributed by atoms with Gasteiger partial charge in [0.25, 0.3) is 0 Å². The molecule has 1 aromatic heterocycles. The molecule has 0 aliphatic carbocycles. The van der Waals surface area contributed by atoms with Gasteiger partial charge in [0, 0.05) is 36.4 Å². The Kier molecular flexibility index (Phi) is 9.40. The number of likely N-dealkylation sites (tertiary alicyclic amines) is 1. The van der Waals surface area contributed by atoms with Crippen LogP contribution in [0.1, 0.15) is 36.3 Å². The van der Waals surface area contributed by atoms with Crippen molar-refractivity contribution in [3.63, 3.8) is 0 Å². The van der Waals surface area contributed by atoms with E-state index in [0.29, 0.717) is 32.5 Å². The van der Waals surface area contributed by atoms with Crippen LogP contribution < -0.4 is 5.73 Å². The van der Waals surface area contributed by atoms with Crippen LogP contribution in [0.15, 0.2) is 24.3 Å². The fourth-order valence-electron chi connectivity index (χ4n) is 4.06. The van der Waals surface area contributed by atoms with Gasteiger partial charge in [0.15, 0.2) is 0 Å². The third kappa shape index (κ3) is 7.26. The average Bonchev–Trinajstić information content (AvgIpc) is 3.53. The first-order valence-corrected chi connectivity index (χ1v) is 12.5. The Morgan fingerprint density at radius 2 is 1.89 bits per heavy atom. The van der Waals surface area contributed by atoms with Crippen molar-refractivity contribution in [3.05, 3.63) is 40.7 Å². The molecule has 0 bridgehead atoms. The van der Waals surface area contributed by atoms with E-state index in [2.05, 4.69) is 11.1 Å². The van der Waals surface area contributed by atoms with Gasteiger partial charge in [0.05, 0.1) is 24.3 Å². The molecule has 3 N–H and O–H groups in total. The predicted octanol–water partition coefficient (Wildman–Crippen LogP) is 3.09. The quantitative estimate of drug-likeness (QED) is 0.540. The molecular formula is C24H25F4N5O4S. The lowest BCUT2D eigenvalue weighted by atomic mass is 10.1. The maximum atomic E-state index is 13.2. The number of hydrogen-bond acceptors (Lipinski definition) is 7. The Morgan fingerprint density at radius 1 is 1.24 bits per heavy atom. The lowest BCUT2D eigenvalue weighted by Gasteiger charge is -2.27. The van der Waals surface area contributed by atoms with Gasteiger partial charge in [0.1, 0.15) is 16.9 Å². The van der Waals surface area contributed by atoms with Crippen molar-refractivity contribution >= 4 is 29.1 Å². The molecule has 0 saturated carbocycles. The van der Waals surface area contributed by atoms with Gasteiger partial charge in [-0.25, -0.2) is 14.2 Å². The summed E-state index contributed by atoms with van der Waals surface area (Å²) in [5.41, 5.74) is 7.89. The summed E-state index contributed by atoms with van der Waals surface area (Å²) in [6, 6.07) is 7.21. The molecule has 38 heavy (non-hydrogen) atoms. The van der Waals surface area contributed by atoms with Crippen molar-refractivity contribution in [3.8, 4) is 16.6 Å². The van der Waals surface area contributed by atoms with Crippen molar-refractivity contribution in [1.29, 1.82) is 5.26 Å². The number of rotatable bonds is 5. The molecule has 9 nitrogen and oxygen atoms in total. The van der Waals surface area contributed by atoms with E-state index in [0.717, 1.165) is 27.6 Å². The summed E-state index contributed by atoms with van der Waals surface area (Å²) >= 11 is 1.52. The average molecular weight is 556 g/mol. The van der Waals surface area contributed by atoms with Crippen LogP contribution in [0.5, 0.6) is 0 Å². The second-order valence-electron chi connectivity index (χ2n) is 8.73. The standard InChI is InChI=1S/C22H24FN5O2S.C2HF3O2/c23-15-5-3-14(4-6-15)21-26-18-9-11-27(13-19(18)31-21)20(29)8-7-17(25)22(30)28-10-1-2-16(28)12-24;3-2(4,5)1(6)7/h3-6,16-17H,1-2,7-11,13,25H2;(H,6,7)/t16-,17-;/m0./s1. The summed E-state index contributed by atoms with van der Waals surface area (Å²) in [4.78, 5) is 43.2. The molecule has 1 saturated heterocycles. The number of carbonyl (C=O) groups excluding carboxylic acids is 2. The van der Waals surface area contributed by atoms with Crippen LogP contribution in [0, 0.1) is 17.1 Å². The molecule has 1 fully saturated rings. The highest BCUT2D eigenvalue weighted by molar-refractivity contribution is 7.15. The maximum absolute atomic E-state index is 13.2. The van der Waals surface area contributed by atoms with E-state index < -0.39 is 24.2 Å². The summed E-state index contributed by atoms with van der Waals surface area (Å²) in [5, 5.41) is 17.1. The highest BCUT2D eigenvalue weighted by atomic mass is 32.1. The van der Waals surface area contributed by atoms with Gasteiger partial charge in [0.2, 0.25) is 11.8 Å². The topological polar surface area (TPSA) is 141 Å². The minimum absolute atomic E-state index is 0.0381. The number of aromatic nitrogens is 1. The number of aliphatic carboxylic acids is 1. The number of carbonyl (C=O) groups is 3. The fraction of sp³-hybridized carbons (Fsp3) is 0.458. The van der Waals surface area contributed by atoms with Crippen molar-refractivity contribution < 1.29 is 37.1 Å². The van der Waals surface area contributed by atoms with Crippen LogP contribution in [-0.2, 0) is 27.3 Å². The zero-order chi connectivity index (χ0) is 28.0. The number of nitrogens with two attached hydrogens (primary N) is 1. The van der Waals surface area contributed by atoms with Crippen molar-refractivity contribution in [2.75, 3.05) is 13.1 Å². The molecular weight excluding hydrogens is 530 g/mol. The zero-order valence-corrected chi connectivity index (χ0v) is 20.9. The normalized spacial score (nSPS) is 17.6. The lowest BCUT2D eigenvalue weighted by molar-refractivity contribution is -0.192. The van der Waals surface area contributed by atoms with Crippen molar-refractivity contribution in [2.45, 2.75) is 56.9 Å². The first-order chi connectivity index (χ1) is 17.9. The van der Waals surface area contributed by atoms with Gasteiger partial charge >= 0.3 is 12.1 Å². The zero-order valence-electron chi connectivity index (χ0n) is 20.1. The smallest absolute Gasteiger partial charge is 0.475 e. The summed E-state index contributed by atoms with van der Waals surface area (Å²) in [7, 11) is 0. The molecule has 0 spiro atoms. The van der Waals surface area contributed by atoms with E-state index in [9.17, 15) is 27.2 Å². The summed E-state index contributed by atoms with van der Waals surface area (Å²) in [5.74, 6) is -3.33. The molecule has 14 heteroatoms. The third-order valence-corrected chi connectivity index (χ3v) is 7.22. The van der Waals surface area contributed by atoms with E-state index in [1.165, 1.54) is 28.4 Å². The Hall–Kier alpha value is -3.57. The minimum Gasteiger partial charge on any atom is -0.475 e.